The number of nitrogens with zero attached hydrogens (tertiary/aromatic N) is 3. The van der Waals surface area contributed by atoms with Crippen LogP contribution in [0.15, 0.2) is 79.1 Å². The first-order valence-electron chi connectivity index (χ1n) is 11.1. The SMILES string of the molecule is Cc1cccc(C)c1-c1ccc2c(c1)N(c1nccnc1Nc1ccccc1)CC2(C)C. The zero-order chi connectivity index (χ0) is 22.3. The van der Waals surface area contributed by atoms with E-state index in [-0.39, 0.29) is 5.41 Å². The molecule has 0 saturated carbocycles. The van der Waals surface area contributed by atoms with Crippen molar-refractivity contribution >= 4 is 23.0 Å². The van der Waals surface area contributed by atoms with Crippen molar-refractivity contribution in [3.63, 3.8) is 0 Å². The van der Waals surface area contributed by atoms with E-state index >= 15 is 0 Å². The lowest BCUT2D eigenvalue weighted by Crippen LogP contribution is -2.26. The van der Waals surface area contributed by atoms with Crippen LogP contribution in [0.5, 0.6) is 0 Å². The monoisotopic (exact) mass is 420 g/mol. The minimum Gasteiger partial charge on any atom is -0.337 e. The van der Waals surface area contributed by atoms with Crippen LogP contribution >= 0.6 is 0 Å². The number of para-hydroxylation sites is 1. The summed E-state index contributed by atoms with van der Waals surface area (Å²) < 4.78 is 0. The minimum absolute atomic E-state index is 0.0101. The van der Waals surface area contributed by atoms with Crippen LogP contribution in [0, 0.1) is 13.8 Å². The van der Waals surface area contributed by atoms with Crippen molar-refractivity contribution in [1.82, 2.24) is 9.97 Å². The Kier molecular flexibility index (Phi) is 4.93. The van der Waals surface area contributed by atoms with E-state index in [1.165, 1.54) is 33.5 Å². The fourth-order valence-electron chi connectivity index (χ4n) is 4.78. The number of hydrogen-bond donors (Lipinski definition) is 1. The molecule has 1 aromatic heterocycles. The number of fused-ring (bicyclic) bond motifs is 1. The summed E-state index contributed by atoms with van der Waals surface area (Å²) in [6.07, 6.45) is 3.51. The second-order valence-corrected chi connectivity index (χ2v) is 9.19. The molecule has 4 heteroatoms. The number of nitrogens with one attached hydrogen (secondary N) is 1. The van der Waals surface area contributed by atoms with E-state index < -0.39 is 0 Å². The van der Waals surface area contributed by atoms with E-state index in [2.05, 4.69) is 79.3 Å². The van der Waals surface area contributed by atoms with E-state index in [1.54, 1.807) is 12.4 Å². The van der Waals surface area contributed by atoms with Crippen LogP contribution in [0.4, 0.5) is 23.0 Å². The number of aromatic nitrogens is 2. The van der Waals surface area contributed by atoms with Crippen molar-refractivity contribution in [3.8, 4) is 11.1 Å². The first-order valence-corrected chi connectivity index (χ1v) is 11.1. The zero-order valence-electron chi connectivity index (χ0n) is 19.1. The first kappa shape index (κ1) is 20.3. The molecule has 32 heavy (non-hydrogen) atoms. The molecule has 5 rings (SSSR count). The Labute approximate surface area is 190 Å². The lowest BCUT2D eigenvalue weighted by Gasteiger charge is -2.23. The van der Waals surface area contributed by atoms with Gasteiger partial charge in [-0.15, -0.1) is 0 Å². The predicted octanol–water partition coefficient (Wildman–Crippen LogP) is 6.93. The smallest absolute Gasteiger partial charge is 0.176 e. The Hall–Kier alpha value is -3.66. The Balaban J connectivity index is 1.62. The number of rotatable bonds is 4. The maximum atomic E-state index is 4.76. The molecule has 1 aliphatic heterocycles. The van der Waals surface area contributed by atoms with Crippen LogP contribution in [0.1, 0.15) is 30.5 Å². The van der Waals surface area contributed by atoms with Gasteiger partial charge in [0.1, 0.15) is 0 Å². The maximum Gasteiger partial charge on any atom is 0.176 e. The van der Waals surface area contributed by atoms with Gasteiger partial charge in [-0.3, -0.25) is 0 Å². The Bertz CT molecular complexity index is 1260. The molecule has 1 N–H and O–H groups in total. The van der Waals surface area contributed by atoms with Gasteiger partial charge in [-0.1, -0.05) is 62.4 Å². The first-order chi connectivity index (χ1) is 15.4. The van der Waals surface area contributed by atoms with E-state index in [0.717, 1.165) is 23.9 Å². The molecule has 0 bridgehead atoms. The number of anilines is 4. The molecule has 2 heterocycles. The van der Waals surface area contributed by atoms with Gasteiger partial charge in [0.05, 0.1) is 0 Å². The second-order valence-electron chi connectivity index (χ2n) is 9.19. The third kappa shape index (κ3) is 3.52. The van der Waals surface area contributed by atoms with Gasteiger partial charge in [0, 0.05) is 35.7 Å². The average Bonchev–Trinajstić information content (AvgIpc) is 3.05. The van der Waals surface area contributed by atoms with Crippen molar-refractivity contribution in [2.24, 2.45) is 0 Å². The number of benzene rings is 3. The molecule has 0 saturated heterocycles. The van der Waals surface area contributed by atoms with E-state index in [9.17, 15) is 0 Å². The lowest BCUT2D eigenvalue weighted by atomic mass is 9.85. The van der Waals surface area contributed by atoms with Gasteiger partial charge < -0.3 is 10.2 Å². The summed E-state index contributed by atoms with van der Waals surface area (Å²) in [6.45, 7) is 9.81. The molecule has 3 aromatic carbocycles. The van der Waals surface area contributed by atoms with Crippen molar-refractivity contribution in [2.45, 2.75) is 33.1 Å². The van der Waals surface area contributed by atoms with Crippen molar-refractivity contribution in [3.05, 3.63) is 95.8 Å². The summed E-state index contributed by atoms with van der Waals surface area (Å²) >= 11 is 0. The second kappa shape index (κ2) is 7.79. The predicted molar refractivity (Wildman–Crippen MR) is 133 cm³/mol. The van der Waals surface area contributed by atoms with E-state index in [4.69, 9.17) is 4.98 Å². The summed E-state index contributed by atoms with van der Waals surface area (Å²) in [6, 6.07) is 23.5. The molecule has 0 atom stereocenters. The molecule has 1 aliphatic rings. The molecular weight excluding hydrogens is 392 g/mol. The fraction of sp³-hybridized carbons (Fsp3) is 0.214. The largest absolute Gasteiger partial charge is 0.337 e. The van der Waals surface area contributed by atoms with Gasteiger partial charge in [0.25, 0.3) is 0 Å². The highest BCUT2D eigenvalue weighted by Crippen LogP contribution is 2.47. The highest BCUT2D eigenvalue weighted by atomic mass is 15.3. The van der Waals surface area contributed by atoms with Gasteiger partial charge in [-0.05, 0) is 59.9 Å². The van der Waals surface area contributed by atoms with Crippen molar-refractivity contribution in [1.29, 1.82) is 0 Å². The highest BCUT2D eigenvalue weighted by molar-refractivity contribution is 5.83. The topological polar surface area (TPSA) is 41.1 Å². The normalized spacial score (nSPS) is 14.3. The average molecular weight is 421 g/mol. The van der Waals surface area contributed by atoms with Gasteiger partial charge in [0.15, 0.2) is 11.6 Å². The molecular formula is C28H28N4. The fourth-order valence-corrected chi connectivity index (χ4v) is 4.78. The number of hydrogen-bond acceptors (Lipinski definition) is 4. The summed E-state index contributed by atoms with van der Waals surface area (Å²) in [7, 11) is 0. The van der Waals surface area contributed by atoms with Gasteiger partial charge >= 0.3 is 0 Å². The van der Waals surface area contributed by atoms with Crippen LogP contribution in [-0.4, -0.2) is 16.5 Å². The third-order valence-corrected chi connectivity index (χ3v) is 6.31. The summed E-state index contributed by atoms with van der Waals surface area (Å²) in [4.78, 5) is 11.7. The third-order valence-electron chi connectivity index (χ3n) is 6.31. The standard InChI is InChI=1S/C28H28N4/c1-19-9-8-10-20(2)25(19)21-13-14-23-24(17-21)32(18-28(23,3)4)27-26(29-15-16-30-27)31-22-11-6-5-7-12-22/h5-17H,18H2,1-4H3,(H,29,31). The summed E-state index contributed by atoms with van der Waals surface area (Å²) in [5, 5.41) is 3.46. The zero-order valence-corrected chi connectivity index (χ0v) is 19.1. The van der Waals surface area contributed by atoms with Crippen molar-refractivity contribution < 1.29 is 0 Å². The summed E-state index contributed by atoms with van der Waals surface area (Å²) in [5.74, 6) is 1.61. The van der Waals surface area contributed by atoms with E-state index in [1.807, 2.05) is 30.3 Å². The van der Waals surface area contributed by atoms with Crippen LogP contribution in [0.2, 0.25) is 0 Å². The van der Waals surface area contributed by atoms with Crippen LogP contribution in [0.3, 0.4) is 0 Å². The molecule has 0 unspecified atom stereocenters. The van der Waals surface area contributed by atoms with Gasteiger partial charge in [-0.25, -0.2) is 9.97 Å². The molecule has 0 spiro atoms. The van der Waals surface area contributed by atoms with Gasteiger partial charge in [-0.2, -0.15) is 0 Å². The van der Waals surface area contributed by atoms with Gasteiger partial charge in [0.2, 0.25) is 0 Å². The molecule has 160 valence electrons. The molecule has 4 aromatic rings. The summed E-state index contributed by atoms with van der Waals surface area (Å²) in [5.41, 5.74) is 8.67. The Morgan fingerprint density at radius 1 is 0.844 bits per heavy atom. The minimum atomic E-state index is 0.0101. The molecule has 0 amide bonds. The number of aryl methyl sites for hydroxylation is 2. The molecule has 0 radical (unpaired) electrons. The Morgan fingerprint density at radius 3 is 2.31 bits per heavy atom. The lowest BCUT2D eigenvalue weighted by molar-refractivity contribution is 0.568. The molecule has 4 nitrogen and oxygen atoms in total. The quantitative estimate of drug-likeness (QED) is 0.388. The Morgan fingerprint density at radius 2 is 1.56 bits per heavy atom. The highest BCUT2D eigenvalue weighted by Gasteiger charge is 2.37. The van der Waals surface area contributed by atoms with Crippen LogP contribution in [-0.2, 0) is 5.41 Å². The van der Waals surface area contributed by atoms with Crippen LogP contribution in [0.25, 0.3) is 11.1 Å². The van der Waals surface area contributed by atoms with Crippen molar-refractivity contribution in [2.75, 3.05) is 16.8 Å². The molecule has 0 aliphatic carbocycles. The van der Waals surface area contributed by atoms with Crippen LogP contribution < -0.4 is 10.2 Å². The maximum absolute atomic E-state index is 4.76. The molecule has 0 fully saturated rings. The van der Waals surface area contributed by atoms with E-state index in [0.29, 0.717) is 0 Å².